The Kier molecular flexibility index (Phi) is 8.14. The Balaban J connectivity index is 3.30. The number of likely N-dealkylation sites (N-methyl/N-ethyl adjacent to an activating group) is 2. The van der Waals surface area contributed by atoms with Crippen molar-refractivity contribution in [2.45, 2.75) is 32.3 Å². The Labute approximate surface area is 88.7 Å². The number of hydrogen-bond donors (Lipinski definition) is 1. The molecule has 0 saturated heterocycles. The molecular weight excluding hydrogens is 176 g/mol. The summed E-state index contributed by atoms with van der Waals surface area (Å²) in [6.07, 6.45) is 2.81. The van der Waals surface area contributed by atoms with Crippen molar-refractivity contribution in [1.29, 1.82) is 0 Å². The van der Waals surface area contributed by atoms with Gasteiger partial charge in [-0.15, -0.1) is 0 Å². The zero-order valence-corrected chi connectivity index (χ0v) is 10.2. The van der Waals surface area contributed by atoms with E-state index in [0.717, 1.165) is 38.9 Å². The molecule has 3 nitrogen and oxygen atoms in total. The van der Waals surface area contributed by atoms with Crippen LogP contribution < -0.4 is 0 Å². The van der Waals surface area contributed by atoms with Crippen LogP contribution in [0.1, 0.15) is 26.2 Å². The van der Waals surface area contributed by atoms with Crippen LogP contribution in [0.5, 0.6) is 0 Å². The summed E-state index contributed by atoms with van der Waals surface area (Å²) in [6.45, 7) is 5.33. The molecule has 1 N–H and O–H groups in total. The van der Waals surface area contributed by atoms with Gasteiger partial charge in [0, 0.05) is 13.1 Å². The predicted molar refractivity (Wildman–Crippen MR) is 61.6 cm³/mol. The van der Waals surface area contributed by atoms with Gasteiger partial charge in [0.2, 0.25) is 0 Å². The van der Waals surface area contributed by atoms with Crippen molar-refractivity contribution >= 4 is 0 Å². The summed E-state index contributed by atoms with van der Waals surface area (Å²) in [5.74, 6) is 0. The highest BCUT2D eigenvalue weighted by atomic mass is 16.3. The van der Waals surface area contributed by atoms with Gasteiger partial charge in [0.05, 0.1) is 6.10 Å². The second-order valence-corrected chi connectivity index (χ2v) is 4.31. The SMILES string of the molecule is CCC(O)CCCN(C)CCN(C)C. The fourth-order valence-corrected chi connectivity index (χ4v) is 1.28. The lowest BCUT2D eigenvalue weighted by Gasteiger charge is -2.19. The molecule has 0 aromatic heterocycles. The van der Waals surface area contributed by atoms with E-state index in [9.17, 15) is 5.11 Å². The van der Waals surface area contributed by atoms with E-state index >= 15 is 0 Å². The Hall–Kier alpha value is -0.120. The van der Waals surface area contributed by atoms with Crippen molar-refractivity contribution in [2.75, 3.05) is 40.8 Å². The maximum atomic E-state index is 9.36. The highest BCUT2D eigenvalue weighted by Gasteiger charge is 2.02. The topological polar surface area (TPSA) is 26.7 Å². The van der Waals surface area contributed by atoms with Gasteiger partial charge in [-0.1, -0.05) is 6.92 Å². The summed E-state index contributed by atoms with van der Waals surface area (Å²) in [5, 5.41) is 9.36. The minimum absolute atomic E-state index is 0.0998. The molecule has 0 saturated carbocycles. The van der Waals surface area contributed by atoms with E-state index in [1.165, 1.54) is 0 Å². The fourth-order valence-electron chi connectivity index (χ4n) is 1.28. The van der Waals surface area contributed by atoms with Crippen LogP contribution in [0.15, 0.2) is 0 Å². The van der Waals surface area contributed by atoms with Crippen molar-refractivity contribution in [3.05, 3.63) is 0 Å². The van der Waals surface area contributed by atoms with Gasteiger partial charge in [-0.25, -0.2) is 0 Å². The third kappa shape index (κ3) is 8.48. The Bertz CT molecular complexity index is 128. The number of nitrogens with zero attached hydrogens (tertiary/aromatic N) is 2. The molecule has 0 radical (unpaired) electrons. The molecule has 86 valence electrons. The number of rotatable bonds is 8. The molecule has 0 aromatic rings. The Morgan fingerprint density at radius 3 is 2.21 bits per heavy atom. The fraction of sp³-hybridized carbons (Fsp3) is 1.00. The summed E-state index contributed by atoms with van der Waals surface area (Å²) in [6, 6.07) is 0. The lowest BCUT2D eigenvalue weighted by molar-refractivity contribution is 0.151. The van der Waals surface area contributed by atoms with E-state index in [4.69, 9.17) is 0 Å². The molecule has 14 heavy (non-hydrogen) atoms. The van der Waals surface area contributed by atoms with E-state index < -0.39 is 0 Å². The first-order valence-electron chi connectivity index (χ1n) is 5.57. The van der Waals surface area contributed by atoms with Gasteiger partial charge >= 0.3 is 0 Å². The monoisotopic (exact) mass is 202 g/mol. The second kappa shape index (κ2) is 8.21. The summed E-state index contributed by atoms with van der Waals surface area (Å²) in [5.41, 5.74) is 0. The predicted octanol–water partition coefficient (Wildman–Crippen LogP) is 1.03. The zero-order chi connectivity index (χ0) is 11.0. The van der Waals surface area contributed by atoms with Crippen molar-refractivity contribution in [3.63, 3.8) is 0 Å². The van der Waals surface area contributed by atoms with E-state index in [0.29, 0.717) is 0 Å². The highest BCUT2D eigenvalue weighted by Crippen LogP contribution is 2.01. The standard InChI is InChI=1S/C11H26N2O/c1-5-11(14)7-6-8-13(4)10-9-12(2)3/h11,14H,5-10H2,1-4H3. The van der Waals surface area contributed by atoms with Crippen LogP contribution in [0, 0.1) is 0 Å². The molecule has 0 heterocycles. The van der Waals surface area contributed by atoms with Gasteiger partial charge in [-0.05, 0) is 47.0 Å². The molecule has 0 amide bonds. The first-order valence-corrected chi connectivity index (χ1v) is 5.57. The summed E-state index contributed by atoms with van der Waals surface area (Å²) in [4.78, 5) is 4.51. The highest BCUT2D eigenvalue weighted by molar-refractivity contribution is 4.57. The molecule has 0 aliphatic rings. The molecule has 0 aromatic carbocycles. The average molecular weight is 202 g/mol. The van der Waals surface area contributed by atoms with Crippen LogP contribution in [0.25, 0.3) is 0 Å². The number of aliphatic hydroxyl groups excluding tert-OH is 1. The largest absolute Gasteiger partial charge is 0.393 e. The minimum Gasteiger partial charge on any atom is -0.393 e. The smallest absolute Gasteiger partial charge is 0.0538 e. The third-order valence-electron chi connectivity index (χ3n) is 2.48. The molecule has 1 unspecified atom stereocenters. The van der Waals surface area contributed by atoms with Crippen LogP contribution in [0.3, 0.4) is 0 Å². The van der Waals surface area contributed by atoms with E-state index in [2.05, 4.69) is 30.9 Å². The molecule has 0 spiro atoms. The van der Waals surface area contributed by atoms with Crippen molar-refractivity contribution in [1.82, 2.24) is 9.80 Å². The number of hydrogen-bond acceptors (Lipinski definition) is 3. The average Bonchev–Trinajstić information content (AvgIpc) is 2.14. The van der Waals surface area contributed by atoms with Gasteiger partial charge in [0.25, 0.3) is 0 Å². The molecule has 0 aliphatic carbocycles. The summed E-state index contributed by atoms with van der Waals surface area (Å²) < 4.78 is 0. The van der Waals surface area contributed by atoms with Crippen molar-refractivity contribution < 1.29 is 5.11 Å². The summed E-state index contributed by atoms with van der Waals surface area (Å²) in [7, 11) is 6.32. The second-order valence-electron chi connectivity index (χ2n) is 4.31. The maximum absolute atomic E-state index is 9.36. The molecule has 0 fully saturated rings. The third-order valence-corrected chi connectivity index (χ3v) is 2.48. The lowest BCUT2D eigenvalue weighted by Crippen LogP contribution is -2.29. The Morgan fingerprint density at radius 1 is 1.07 bits per heavy atom. The van der Waals surface area contributed by atoms with Crippen LogP contribution in [-0.4, -0.2) is 61.8 Å². The zero-order valence-electron chi connectivity index (χ0n) is 10.2. The minimum atomic E-state index is -0.0998. The van der Waals surface area contributed by atoms with Gasteiger partial charge in [-0.2, -0.15) is 0 Å². The van der Waals surface area contributed by atoms with E-state index in [1.807, 2.05) is 6.92 Å². The summed E-state index contributed by atoms with van der Waals surface area (Å²) >= 11 is 0. The van der Waals surface area contributed by atoms with Crippen LogP contribution in [-0.2, 0) is 0 Å². The molecular formula is C11H26N2O. The van der Waals surface area contributed by atoms with Gasteiger partial charge in [-0.3, -0.25) is 0 Å². The molecule has 0 aliphatic heterocycles. The van der Waals surface area contributed by atoms with Crippen molar-refractivity contribution in [3.8, 4) is 0 Å². The molecule has 0 bridgehead atoms. The Morgan fingerprint density at radius 2 is 1.71 bits per heavy atom. The first kappa shape index (κ1) is 13.9. The van der Waals surface area contributed by atoms with E-state index in [1.54, 1.807) is 0 Å². The van der Waals surface area contributed by atoms with E-state index in [-0.39, 0.29) is 6.10 Å². The van der Waals surface area contributed by atoms with Crippen molar-refractivity contribution in [2.24, 2.45) is 0 Å². The quantitative estimate of drug-likeness (QED) is 0.637. The van der Waals surface area contributed by atoms with Gasteiger partial charge in [0.15, 0.2) is 0 Å². The molecule has 1 atom stereocenters. The normalized spacial score (nSPS) is 13.9. The number of aliphatic hydroxyl groups is 1. The lowest BCUT2D eigenvalue weighted by atomic mass is 10.1. The van der Waals surface area contributed by atoms with Crippen LogP contribution >= 0.6 is 0 Å². The maximum Gasteiger partial charge on any atom is 0.0538 e. The van der Waals surface area contributed by atoms with Gasteiger partial charge < -0.3 is 14.9 Å². The molecule has 0 rings (SSSR count). The van der Waals surface area contributed by atoms with Crippen LogP contribution in [0.2, 0.25) is 0 Å². The van der Waals surface area contributed by atoms with Crippen LogP contribution in [0.4, 0.5) is 0 Å². The molecule has 3 heteroatoms. The van der Waals surface area contributed by atoms with Gasteiger partial charge in [0.1, 0.15) is 0 Å². The first-order chi connectivity index (χ1) is 6.56.